The van der Waals surface area contributed by atoms with Crippen molar-refractivity contribution in [1.82, 2.24) is 0 Å². The summed E-state index contributed by atoms with van der Waals surface area (Å²) in [5.41, 5.74) is -0.847. The molecule has 0 aliphatic carbocycles. The first kappa shape index (κ1) is 12.0. The van der Waals surface area contributed by atoms with Crippen molar-refractivity contribution in [2.45, 2.75) is 0 Å². The van der Waals surface area contributed by atoms with Crippen molar-refractivity contribution in [3.8, 4) is 0 Å². The number of nitro benzene ring substituents is 1. The maximum Gasteiger partial charge on any atom is 1.00 e. The van der Waals surface area contributed by atoms with E-state index in [9.17, 15) is 20.0 Å². The van der Waals surface area contributed by atoms with Crippen LogP contribution >= 0.6 is 0 Å². The maximum atomic E-state index is 10.3. The van der Waals surface area contributed by atoms with Crippen molar-refractivity contribution < 1.29 is 14.8 Å². The first-order valence-corrected chi connectivity index (χ1v) is 3.07. The van der Waals surface area contributed by atoms with Gasteiger partial charge in [0, 0.05) is 6.07 Å². The second-order valence-electron chi connectivity index (χ2n) is 2.06. The molecule has 0 saturated carbocycles. The molecule has 0 heterocycles. The average molecular weight is 370 g/mol. The monoisotopic (exact) mass is 371 g/mol. The van der Waals surface area contributed by atoms with Gasteiger partial charge in [-0.05, 0) is 6.07 Å². The Labute approximate surface area is 93.7 Å². The number of hydrogen-bond donors (Lipinski definition) is 0. The van der Waals surface area contributed by atoms with E-state index in [2.05, 4.69) is 0 Å². The number of hydrogen-bond acceptors (Lipinski definition) is 4. The quantitative estimate of drug-likeness (QED) is 0.402. The van der Waals surface area contributed by atoms with Crippen LogP contribution in [-0.4, -0.2) is 38.2 Å². The SMILES string of the molecule is O=C([O-])c1ccccc1[N+](=O)[O-].[Tl+]. The van der Waals surface area contributed by atoms with Crippen LogP contribution in [0.1, 0.15) is 10.4 Å². The summed E-state index contributed by atoms with van der Waals surface area (Å²) in [7, 11) is 0. The van der Waals surface area contributed by atoms with Gasteiger partial charge in [-0.3, -0.25) is 10.1 Å². The topological polar surface area (TPSA) is 83.3 Å². The second kappa shape index (κ2) is 4.90. The molecule has 0 amide bonds. The fraction of sp³-hybridized carbons (Fsp3) is 0. The van der Waals surface area contributed by atoms with Gasteiger partial charge in [-0.2, -0.15) is 0 Å². The Balaban J connectivity index is 0.00000144. The molecule has 0 saturated heterocycles. The summed E-state index contributed by atoms with van der Waals surface area (Å²) in [6.45, 7) is 0. The van der Waals surface area contributed by atoms with Gasteiger partial charge >= 0.3 is 27.3 Å². The van der Waals surface area contributed by atoms with Crippen molar-refractivity contribution >= 4 is 39.0 Å². The summed E-state index contributed by atoms with van der Waals surface area (Å²) in [5.74, 6) is -1.54. The Kier molecular flexibility index (Phi) is 4.53. The second-order valence-corrected chi connectivity index (χ2v) is 2.06. The fourth-order valence-corrected chi connectivity index (χ4v) is 0.805. The van der Waals surface area contributed by atoms with Crippen LogP contribution < -0.4 is 5.11 Å². The Bertz CT molecular complexity index is 306. The van der Waals surface area contributed by atoms with Crippen LogP contribution in [0, 0.1) is 10.1 Å². The summed E-state index contributed by atoms with van der Waals surface area (Å²) in [4.78, 5) is 19.8. The van der Waals surface area contributed by atoms with E-state index >= 15 is 0 Å². The third-order valence-corrected chi connectivity index (χ3v) is 1.32. The molecular weight excluding hydrogens is 366 g/mol. The molecule has 0 aromatic heterocycles. The molecule has 64 valence electrons. The Morgan fingerprint density at radius 2 is 1.85 bits per heavy atom. The van der Waals surface area contributed by atoms with Crippen LogP contribution in [0.5, 0.6) is 0 Å². The summed E-state index contributed by atoms with van der Waals surface area (Å²) < 4.78 is 0. The first-order valence-electron chi connectivity index (χ1n) is 3.07. The van der Waals surface area contributed by atoms with E-state index < -0.39 is 22.1 Å². The van der Waals surface area contributed by atoms with Crippen LogP contribution in [0.25, 0.3) is 0 Å². The Morgan fingerprint density at radius 1 is 1.31 bits per heavy atom. The number of aromatic carboxylic acids is 1. The van der Waals surface area contributed by atoms with E-state index in [0.29, 0.717) is 0 Å². The molecule has 0 N–H and O–H groups in total. The van der Waals surface area contributed by atoms with Gasteiger partial charge in [0.15, 0.2) is 0 Å². The standard InChI is InChI=1S/C7H5NO4.Tl/c9-7(10)5-3-1-2-4-6(5)8(11)12;/h1-4H,(H,9,10);/q;+1/p-1. The van der Waals surface area contributed by atoms with E-state index in [-0.39, 0.29) is 27.3 Å². The van der Waals surface area contributed by atoms with Gasteiger partial charge in [0.05, 0.1) is 16.5 Å². The van der Waals surface area contributed by atoms with E-state index in [1.165, 1.54) is 12.1 Å². The number of nitrogens with zero attached hydrogens (tertiary/aromatic N) is 1. The molecule has 0 spiro atoms. The third-order valence-electron chi connectivity index (χ3n) is 1.32. The van der Waals surface area contributed by atoms with E-state index in [4.69, 9.17) is 0 Å². The molecule has 13 heavy (non-hydrogen) atoms. The number of para-hydroxylation sites is 1. The van der Waals surface area contributed by atoms with Gasteiger partial charge in [-0.1, -0.05) is 12.1 Å². The van der Waals surface area contributed by atoms with Crippen LogP contribution in [0.3, 0.4) is 0 Å². The molecule has 0 unspecified atom stereocenters. The van der Waals surface area contributed by atoms with Crippen molar-refractivity contribution in [2.24, 2.45) is 0 Å². The molecule has 1 aromatic rings. The Morgan fingerprint density at radius 3 is 2.23 bits per heavy atom. The molecule has 0 bridgehead atoms. The summed E-state index contributed by atoms with van der Waals surface area (Å²) in [6.07, 6.45) is 0. The van der Waals surface area contributed by atoms with Crippen molar-refractivity contribution in [3.63, 3.8) is 0 Å². The molecule has 0 aliphatic heterocycles. The van der Waals surface area contributed by atoms with Crippen molar-refractivity contribution in [2.75, 3.05) is 0 Å². The largest absolute Gasteiger partial charge is 1.00 e. The summed E-state index contributed by atoms with van der Waals surface area (Å²) >= 11 is 0. The van der Waals surface area contributed by atoms with E-state index in [1.54, 1.807) is 0 Å². The number of carbonyl (C=O) groups is 1. The number of carboxylic acid groups (broad SMARTS) is 1. The zero-order chi connectivity index (χ0) is 9.14. The first-order chi connectivity index (χ1) is 5.63. The molecular formula is C7H4NO4Tl. The van der Waals surface area contributed by atoms with Crippen LogP contribution in [0.15, 0.2) is 24.3 Å². The van der Waals surface area contributed by atoms with E-state index in [0.717, 1.165) is 12.1 Å². The molecule has 5 nitrogen and oxygen atoms in total. The van der Waals surface area contributed by atoms with Gasteiger partial charge in [0.2, 0.25) is 0 Å². The molecule has 0 fully saturated rings. The fourth-order valence-electron chi connectivity index (χ4n) is 0.805. The molecule has 0 aliphatic rings. The molecule has 1 aromatic carbocycles. The van der Waals surface area contributed by atoms with Crippen LogP contribution in [-0.2, 0) is 0 Å². The van der Waals surface area contributed by atoms with Gasteiger partial charge in [-0.25, -0.2) is 0 Å². The predicted octanol–water partition coefficient (Wildman–Crippen LogP) is -0.423. The van der Waals surface area contributed by atoms with Gasteiger partial charge in [0.1, 0.15) is 0 Å². The smallest absolute Gasteiger partial charge is 0.545 e. The van der Waals surface area contributed by atoms with Gasteiger partial charge in [0.25, 0.3) is 5.69 Å². The zero-order valence-corrected chi connectivity index (χ0v) is 11.0. The summed E-state index contributed by atoms with van der Waals surface area (Å²) in [5, 5.41) is 20.6. The minimum atomic E-state index is -1.54. The van der Waals surface area contributed by atoms with E-state index in [1.807, 2.05) is 0 Å². The van der Waals surface area contributed by atoms with Gasteiger partial charge < -0.3 is 9.90 Å². The number of benzene rings is 1. The number of rotatable bonds is 2. The van der Waals surface area contributed by atoms with Crippen LogP contribution in [0.2, 0.25) is 0 Å². The number of carbonyl (C=O) groups excluding carboxylic acids is 1. The normalized spacial score (nSPS) is 8.62. The van der Waals surface area contributed by atoms with Crippen molar-refractivity contribution in [1.29, 1.82) is 0 Å². The molecule has 0 radical (unpaired) electrons. The zero-order valence-electron chi connectivity index (χ0n) is 6.47. The molecule has 6 heteroatoms. The maximum absolute atomic E-state index is 10.3. The van der Waals surface area contributed by atoms with Crippen molar-refractivity contribution in [3.05, 3.63) is 39.9 Å². The minimum Gasteiger partial charge on any atom is -0.545 e. The number of nitro groups is 1. The Hall–Kier alpha value is -0.988. The number of carboxylic acids is 1. The molecule has 1 rings (SSSR count). The third kappa shape index (κ3) is 2.76. The van der Waals surface area contributed by atoms with Crippen LogP contribution in [0.4, 0.5) is 5.69 Å². The summed E-state index contributed by atoms with van der Waals surface area (Å²) in [6, 6.07) is 5.04. The average Bonchev–Trinajstić information content (AvgIpc) is 2.04. The molecule has 0 atom stereocenters. The minimum absolute atomic E-state index is 0. The van der Waals surface area contributed by atoms with Gasteiger partial charge in [-0.15, -0.1) is 0 Å². The predicted molar refractivity (Wildman–Crippen MR) is 43.2 cm³/mol.